The van der Waals surface area contributed by atoms with Gasteiger partial charge in [-0.25, -0.2) is 9.97 Å². The molecule has 0 saturated carbocycles. The smallest absolute Gasteiger partial charge is 0.418 e. The van der Waals surface area contributed by atoms with Crippen LogP contribution in [0.3, 0.4) is 0 Å². The van der Waals surface area contributed by atoms with Crippen LogP contribution in [0.4, 0.5) is 36.2 Å². The number of methoxy groups -OCH3 is 2. The number of ether oxygens (including phenoxy) is 2. The highest BCUT2D eigenvalue weighted by Gasteiger charge is 2.33. The first-order valence-corrected chi connectivity index (χ1v) is 8.15. The van der Waals surface area contributed by atoms with Gasteiger partial charge in [0.05, 0.1) is 31.2 Å². The fourth-order valence-corrected chi connectivity index (χ4v) is 2.51. The number of para-hydroxylation sites is 1. The van der Waals surface area contributed by atoms with Crippen molar-refractivity contribution < 1.29 is 22.6 Å². The molecule has 0 bridgehead atoms. The molecule has 6 nitrogen and oxygen atoms in total. The highest BCUT2D eigenvalue weighted by Crippen LogP contribution is 2.36. The number of aromatic nitrogens is 2. The third-order valence-electron chi connectivity index (χ3n) is 3.83. The SMILES string of the molecule is COc1ccc(Nc2cc(Nc3ccccc3C(F)(F)F)ncn2)c(OC)c1. The molecule has 0 fully saturated rings. The first-order chi connectivity index (χ1) is 13.4. The number of hydrogen-bond acceptors (Lipinski definition) is 6. The van der Waals surface area contributed by atoms with Crippen LogP contribution in [0.5, 0.6) is 11.5 Å². The standard InChI is InChI=1S/C19H17F3N4O2/c1-27-12-7-8-15(16(9-12)28-2)26-18-10-17(23-11-24-18)25-14-6-4-3-5-13(14)19(20,21)22/h3-11H,1-2H3,(H2,23,24,25,26). The molecule has 146 valence electrons. The van der Waals surface area contributed by atoms with E-state index in [1.165, 1.54) is 37.7 Å². The summed E-state index contributed by atoms with van der Waals surface area (Å²) in [5.41, 5.74) is -0.259. The molecule has 0 atom stereocenters. The number of anilines is 4. The van der Waals surface area contributed by atoms with Crippen molar-refractivity contribution in [3.05, 3.63) is 60.4 Å². The fourth-order valence-electron chi connectivity index (χ4n) is 2.51. The topological polar surface area (TPSA) is 68.3 Å². The van der Waals surface area contributed by atoms with Gasteiger partial charge in [0, 0.05) is 12.1 Å². The summed E-state index contributed by atoms with van der Waals surface area (Å²) in [6.07, 6.45) is -3.23. The summed E-state index contributed by atoms with van der Waals surface area (Å²) < 4.78 is 49.9. The molecule has 1 heterocycles. The maximum absolute atomic E-state index is 13.2. The number of alkyl halides is 3. The molecule has 2 aromatic carbocycles. The zero-order valence-electron chi connectivity index (χ0n) is 15.0. The Morgan fingerprint density at radius 2 is 1.50 bits per heavy atom. The van der Waals surface area contributed by atoms with E-state index in [4.69, 9.17) is 9.47 Å². The largest absolute Gasteiger partial charge is 0.497 e. The van der Waals surface area contributed by atoms with Crippen molar-refractivity contribution in [3.63, 3.8) is 0 Å². The normalized spacial score (nSPS) is 11.0. The average molecular weight is 390 g/mol. The van der Waals surface area contributed by atoms with Crippen LogP contribution in [0, 0.1) is 0 Å². The first kappa shape index (κ1) is 19.3. The van der Waals surface area contributed by atoms with E-state index in [1.54, 1.807) is 25.3 Å². The molecule has 0 aliphatic heterocycles. The molecule has 0 aliphatic carbocycles. The Morgan fingerprint density at radius 1 is 0.821 bits per heavy atom. The van der Waals surface area contributed by atoms with E-state index in [1.807, 2.05) is 0 Å². The highest BCUT2D eigenvalue weighted by atomic mass is 19.4. The van der Waals surface area contributed by atoms with Crippen molar-refractivity contribution >= 4 is 23.0 Å². The number of benzene rings is 2. The van der Waals surface area contributed by atoms with E-state index in [2.05, 4.69) is 20.6 Å². The third kappa shape index (κ3) is 4.43. The molecule has 9 heteroatoms. The lowest BCUT2D eigenvalue weighted by Crippen LogP contribution is -2.09. The van der Waals surface area contributed by atoms with E-state index in [0.29, 0.717) is 23.0 Å². The molecule has 28 heavy (non-hydrogen) atoms. The summed E-state index contributed by atoms with van der Waals surface area (Å²) in [6, 6.07) is 11.9. The van der Waals surface area contributed by atoms with Crippen molar-refractivity contribution in [3.8, 4) is 11.5 Å². The molecule has 0 amide bonds. The zero-order chi connectivity index (χ0) is 20.1. The number of nitrogens with zero attached hydrogens (tertiary/aromatic N) is 2. The van der Waals surface area contributed by atoms with Crippen LogP contribution in [0.25, 0.3) is 0 Å². The van der Waals surface area contributed by atoms with Crippen molar-refractivity contribution in [2.75, 3.05) is 24.9 Å². The summed E-state index contributed by atoms with van der Waals surface area (Å²) in [6.45, 7) is 0. The molecule has 0 spiro atoms. The van der Waals surface area contributed by atoms with Crippen LogP contribution >= 0.6 is 0 Å². The molecule has 0 radical (unpaired) electrons. The van der Waals surface area contributed by atoms with Crippen LogP contribution in [0.15, 0.2) is 54.9 Å². The number of rotatable bonds is 6. The Bertz CT molecular complexity index is 964. The highest BCUT2D eigenvalue weighted by molar-refractivity contribution is 5.69. The van der Waals surface area contributed by atoms with Gasteiger partial charge in [-0.05, 0) is 24.3 Å². The summed E-state index contributed by atoms with van der Waals surface area (Å²) >= 11 is 0. The molecule has 2 N–H and O–H groups in total. The Labute approximate surface area is 159 Å². The summed E-state index contributed by atoms with van der Waals surface area (Å²) in [4.78, 5) is 8.08. The fraction of sp³-hybridized carbons (Fsp3) is 0.158. The molecule has 3 rings (SSSR count). The van der Waals surface area contributed by atoms with Gasteiger partial charge in [0.1, 0.15) is 29.5 Å². The van der Waals surface area contributed by atoms with Gasteiger partial charge in [-0.15, -0.1) is 0 Å². The van der Waals surface area contributed by atoms with E-state index in [0.717, 1.165) is 6.07 Å². The summed E-state index contributed by atoms with van der Waals surface area (Å²) in [7, 11) is 3.06. The maximum atomic E-state index is 13.2. The van der Waals surface area contributed by atoms with E-state index < -0.39 is 11.7 Å². The average Bonchev–Trinajstić information content (AvgIpc) is 2.68. The Balaban J connectivity index is 1.85. The predicted octanol–water partition coefficient (Wildman–Crippen LogP) is 5.00. The van der Waals surface area contributed by atoms with Crippen LogP contribution < -0.4 is 20.1 Å². The minimum absolute atomic E-state index is 0.0957. The number of nitrogens with one attached hydrogen (secondary N) is 2. The molecule has 0 aliphatic rings. The van der Waals surface area contributed by atoms with Gasteiger partial charge in [0.15, 0.2) is 0 Å². The minimum Gasteiger partial charge on any atom is -0.497 e. The van der Waals surface area contributed by atoms with Gasteiger partial charge in [-0.1, -0.05) is 12.1 Å². The molecule has 0 saturated heterocycles. The second-order valence-corrected chi connectivity index (χ2v) is 5.65. The van der Waals surface area contributed by atoms with Crippen LogP contribution in [-0.2, 0) is 6.18 Å². The van der Waals surface area contributed by atoms with Gasteiger partial charge in [-0.3, -0.25) is 0 Å². The van der Waals surface area contributed by atoms with Gasteiger partial charge in [0.25, 0.3) is 0 Å². The Morgan fingerprint density at radius 3 is 2.14 bits per heavy atom. The van der Waals surface area contributed by atoms with Crippen molar-refractivity contribution in [2.24, 2.45) is 0 Å². The van der Waals surface area contributed by atoms with E-state index >= 15 is 0 Å². The van der Waals surface area contributed by atoms with Gasteiger partial charge >= 0.3 is 6.18 Å². The maximum Gasteiger partial charge on any atom is 0.418 e. The Kier molecular flexibility index (Phi) is 5.53. The zero-order valence-corrected chi connectivity index (χ0v) is 15.0. The van der Waals surface area contributed by atoms with Crippen LogP contribution in [0.2, 0.25) is 0 Å². The lowest BCUT2D eigenvalue weighted by Gasteiger charge is -2.15. The lowest BCUT2D eigenvalue weighted by molar-refractivity contribution is -0.136. The second kappa shape index (κ2) is 8.03. The van der Waals surface area contributed by atoms with Crippen molar-refractivity contribution in [1.29, 1.82) is 0 Å². The quantitative estimate of drug-likeness (QED) is 0.617. The first-order valence-electron chi connectivity index (χ1n) is 8.15. The lowest BCUT2D eigenvalue weighted by atomic mass is 10.1. The second-order valence-electron chi connectivity index (χ2n) is 5.65. The Hall–Kier alpha value is -3.49. The summed E-state index contributed by atoms with van der Waals surface area (Å²) in [5, 5.41) is 5.74. The number of hydrogen-bond donors (Lipinski definition) is 2. The van der Waals surface area contributed by atoms with Gasteiger partial charge < -0.3 is 20.1 Å². The van der Waals surface area contributed by atoms with Crippen molar-refractivity contribution in [2.45, 2.75) is 6.18 Å². The van der Waals surface area contributed by atoms with E-state index in [9.17, 15) is 13.2 Å². The van der Waals surface area contributed by atoms with Gasteiger partial charge in [-0.2, -0.15) is 13.2 Å². The third-order valence-corrected chi connectivity index (χ3v) is 3.83. The van der Waals surface area contributed by atoms with Crippen LogP contribution in [-0.4, -0.2) is 24.2 Å². The van der Waals surface area contributed by atoms with Gasteiger partial charge in [0.2, 0.25) is 0 Å². The molecular weight excluding hydrogens is 373 g/mol. The molecule has 0 unspecified atom stereocenters. The number of halogens is 3. The molecule has 1 aromatic heterocycles. The predicted molar refractivity (Wildman–Crippen MR) is 99.6 cm³/mol. The molecular formula is C19H17F3N4O2. The van der Waals surface area contributed by atoms with E-state index in [-0.39, 0.29) is 11.5 Å². The minimum atomic E-state index is -4.48. The van der Waals surface area contributed by atoms with Crippen LogP contribution in [0.1, 0.15) is 5.56 Å². The molecule has 3 aromatic rings. The summed E-state index contributed by atoms with van der Waals surface area (Å²) in [5.74, 6) is 1.73. The van der Waals surface area contributed by atoms with Crippen molar-refractivity contribution in [1.82, 2.24) is 9.97 Å². The monoisotopic (exact) mass is 390 g/mol.